The van der Waals surface area contributed by atoms with Gasteiger partial charge in [-0.15, -0.1) is 0 Å². The van der Waals surface area contributed by atoms with Crippen molar-refractivity contribution in [1.82, 2.24) is 10.2 Å². The summed E-state index contributed by atoms with van der Waals surface area (Å²) < 4.78 is 5.74. The molecule has 0 aliphatic carbocycles. The second kappa shape index (κ2) is 5.27. The summed E-state index contributed by atoms with van der Waals surface area (Å²) in [5, 5.41) is 2.88. The molecular formula is C16H28N2O3. The summed E-state index contributed by atoms with van der Waals surface area (Å²) in [6.07, 6.45) is 1.57. The lowest BCUT2D eigenvalue weighted by molar-refractivity contribution is -0.161. The second-order valence-electron chi connectivity index (χ2n) is 7.98. The third-order valence-corrected chi connectivity index (χ3v) is 4.52. The molecule has 0 spiro atoms. The topological polar surface area (TPSA) is 58.6 Å². The van der Waals surface area contributed by atoms with Crippen LogP contribution in [0.4, 0.5) is 0 Å². The molecule has 5 nitrogen and oxygen atoms in total. The number of rotatable bonds is 1. The van der Waals surface area contributed by atoms with Crippen molar-refractivity contribution in [3.8, 4) is 0 Å². The molecule has 1 N–H and O–H groups in total. The van der Waals surface area contributed by atoms with Crippen LogP contribution >= 0.6 is 0 Å². The number of piperazine rings is 1. The maximum absolute atomic E-state index is 12.9. The number of amides is 2. The van der Waals surface area contributed by atoms with Crippen molar-refractivity contribution in [1.29, 1.82) is 0 Å². The first-order chi connectivity index (χ1) is 9.53. The standard InChI is InChI=1S/C16H28N2O3/c1-10-13(19)17-12(15(2,3)4)14(20)18(10)11-7-8-21-16(5,6)9-11/h10-12H,7-9H2,1-6H3,(H,17,19). The number of carbonyl (C=O) groups is 2. The molecule has 2 saturated heterocycles. The van der Waals surface area contributed by atoms with Gasteiger partial charge in [0.2, 0.25) is 11.8 Å². The van der Waals surface area contributed by atoms with Gasteiger partial charge >= 0.3 is 0 Å². The average molecular weight is 296 g/mol. The Hall–Kier alpha value is -1.10. The number of hydrogen-bond donors (Lipinski definition) is 1. The van der Waals surface area contributed by atoms with E-state index < -0.39 is 12.1 Å². The highest BCUT2D eigenvalue weighted by Gasteiger charge is 2.47. The summed E-state index contributed by atoms with van der Waals surface area (Å²) in [7, 11) is 0. The minimum atomic E-state index is -0.452. The quantitative estimate of drug-likeness (QED) is 0.801. The largest absolute Gasteiger partial charge is 0.375 e. The van der Waals surface area contributed by atoms with Crippen molar-refractivity contribution in [2.75, 3.05) is 6.61 Å². The first kappa shape index (κ1) is 16.3. The van der Waals surface area contributed by atoms with Gasteiger partial charge in [0.1, 0.15) is 12.1 Å². The first-order valence-electron chi connectivity index (χ1n) is 7.79. The molecule has 120 valence electrons. The lowest BCUT2D eigenvalue weighted by atomic mass is 9.82. The van der Waals surface area contributed by atoms with Gasteiger partial charge in [-0.25, -0.2) is 0 Å². The zero-order valence-corrected chi connectivity index (χ0v) is 14.0. The van der Waals surface area contributed by atoms with E-state index in [0.29, 0.717) is 6.61 Å². The van der Waals surface area contributed by atoms with Crippen molar-refractivity contribution in [3.63, 3.8) is 0 Å². The van der Waals surface area contributed by atoms with E-state index in [-0.39, 0.29) is 28.9 Å². The maximum Gasteiger partial charge on any atom is 0.246 e. The van der Waals surface area contributed by atoms with Gasteiger partial charge < -0.3 is 15.0 Å². The van der Waals surface area contributed by atoms with Crippen LogP contribution in [0, 0.1) is 5.41 Å². The fraction of sp³-hybridized carbons (Fsp3) is 0.875. The minimum absolute atomic E-state index is 0.0392. The van der Waals surface area contributed by atoms with Gasteiger partial charge in [-0.2, -0.15) is 0 Å². The van der Waals surface area contributed by atoms with Crippen molar-refractivity contribution in [2.45, 2.75) is 78.1 Å². The first-order valence-corrected chi connectivity index (χ1v) is 7.79. The predicted octanol–water partition coefficient (Wildman–Crippen LogP) is 1.71. The SMILES string of the molecule is CC1C(=O)NC(C(C)(C)C)C(=O)N1C1CCOC(C)(C)C1. The summed E-state index contributed by atoms with van der Waals surface area (Å²) in [5.74, 6) is -0.0175. The Morgan fingerprint density at radius 1 is 1.29 bits per heavy atom. The van der Waals surface area contributed by atoms with Gasteiger partial charge in [0.25, 0.3) is 0 Å². The van der Waals surface area contributed by atoms with Gasteiger partial charge in [-0.1, -0.05) is 20.8 Å². The summed E-state index contributed by atoms with van der Waals surface area (Å²) in [4.78, 5) is 27.0. The zero-order chi connectivity index (χ0) is 16.0. The van der Waals surface area contributed by atoms with Crippen LogP contribution in [0.1, 0.15) is 54.4 Å². The molecule has 0 bridgehead atoms. The van der Waals surface area contributed by atoms with E-state index in [0.717, 1.165) is 12.8 Å². The van der Waals surface area contributed by atoms with Crippen molar-refractivity contribution in [3.05, 3.63) is 0 Å². The molecule has 2 heterocycles. The molecule has 0 aromatic carbocycles. The molecule has 2 amide bonds. The van der Waals surface area contributed by atoms with Crippen LogP contribution in [0.25, 0.3) is 0 Å². The Morgan fingerprint density at radius 2 is 1.90 bits per heavy atom. The highest BCUT2D eigenvalue weighted by molar-refractivity contribution is 5.97. The van der Waals surface area contributed by atoms with Crippen LogP contribution in [-0.2, 0) is 14.3 Å². The number of ether oxygens (including phenoxy) is 1. The highest BCUT2D eigenvalue weighted by atomic mass is 16.5. The monoisotopic (exact) mass is 296 g/mol. The maximum atomic E-state index is 12.9. The predicted molar refractivity (Wildman–Crippen MR) is 80.7 cm³/mol. The average Bonchev–Trinajstić information content (AvgIpc) is 2.31. The summed E-state index contributed by atoms with van der Waals surface area (Å²) >= 11 is 0. The molecular weight excluding hydrogens is 268 g/mol. The van der Waals surface area contributed by atoms with Gasteiger partial charge in [0, 0.05) is 12.6 Å². The molecule has 2 aliphatic heterocycles. The second-order valence-corrected chi connectivity index (χ2v) is 7.98. The molecule has 3 atom stereocenters. The molecule has 0 radical (unpaired) electrons. The molecule has 0 aromatic heterocycles. The molecule has 21 heavy (non-hydrogen) atoms. The van der Waals surface area contributed by atoms with Gasteiger partial charge in [-0.3, -0.25) is 9.59 Å². The van der Waals surface area contributed by atoms with E-state index in [1.165, 1.54) is 0 Å². The number of nitrogens with zero attached hydrogens (tertiary/aromatic N) is 1. The van der Waals surface area contributed by atoms with Crippen molar-refractivity contribution < 1.29 is 14.3 Å². The number of carbonyl (C=O) groups excluding carboxylic acids is 2. The smallest absolute Gasteiger partial charge is 0.246 e. The van der Waals surface area contributed by atoms with Crippen LogP contribution < -0.4 is 5.32 Å². The summed E-state index contributed by atoms with van der Waals surface area (Å²) in [5.41, 5.74) is -0.528. The van der Waals surface area contributed by atoms with Crippen molar-refractivity contribution >= 4 is 11.8 Å². The Labute approximate surface area is 127 Å². The fourth-order valence-corrected chi connectivity index (χ4v) is 3.31. The Kier molecular flexibility index (Phi) is 4.08. The molecule has 0 aromatic rings. The van der Waals surface area contributed by atoms with E-state index in [9.17, 15) is 9.59 Å². The Morgan fingerprint density at radius 3 is 2.43 bits per heavy atom. The van der Waals surface area contributed by atoms with E-state index in [2.05, 4.69) is 5.32 Å². The van der Waals surface area contributed by atoms with Gasteiger partial charge in [0.15, 0.2) is 0 Å². The minimum Gasteiger partial charge on any atom is -0.375 e. The van der Waals surface area contributed by atoms with Crippen molar-refractivity contribution in [2.24, 2.45) is 5.41 Å². The lowest BCUT2D eigenvalue weighted by Gasteiger charge is -2.48. The molecule has 2 fully saturated rings. The fourth-order valence-electron chi connectivity index (χ4n) is 3.31. The summed E-state index contributed by atoms with van der Waals surface area (Å²) in [6, 6.07) is -0.783. The number of nitrogens with one attached hydrogen (secondary N) is 1. The van der Waals surface area contributed by atoms with E-state index in [4.69, 9.17) is 4.74 Å². The van der Waals surface area contributed by atoms with Crippen LogP contribution in [0.15, 0.2) is 0 Å². The molecule has 5 heteroatoms. The lowest BCUT2D eigenvalue weighted by Crippen LogP contribution is -2.68. The third-order valence-electron chi connectivity index (χ3n) is 4.52. The molecule has 3 unspecified atom stereocenters. The van der Waals surface area contributed by atoms with E-state index >= 15 is 0 Å². The van der Waals surface area contributed by atoms with Crippen LogP contribution in [0.2, 0.25) is 0 Å². The number of hydrogen-bond acceptors (Lipinski definition) is 3. The summed E-state index contributed by atoms with van der Waals surface area (Å²) in [6.45, 7) is 12.5. The van der Waals surface area contributed by atoms with Gasteiger partial charge in [0.05, 0.1) is 5.60 Å². The Balaban J connectivity index is 2.27. The Bertz CT molecular complexity index is 439. The van der Waals surface area contributed by atoms with Crippen LogP contribution in [0.5, 0.6) is 0 Å². The zero-order valence-electron chi connectivity index (χ0n) is 14.0. The van der Waals surface area contributed by atoms with E-state index in [1.54, 1.807) is 4.90 Å². The van der Waals surface area contributed by atoms with Crippen LogP contribution in [0.3, 0.4) is 0 Å². The molecule has 2 aliphatic rings. The third kappa shape index (κ3) is 3.23. The van der Waals surface area contributed by atoms with Crippen LogP contribution in [-0.4, -0.2) is 47.0 Å². The van der Waals surface area contributed by atoms with E-state index in [1.807, 2.05) is 41.5 Å². The normalized spacial score (nSPS) is 33.8. The highest BCUT2D eigenvalue weighted by Crippen LogP contribution is 2.32. The molecule has 0 saturated carbocycles. The van der Waals surface area contributed by atoms with Gasteiger partial charge in [-0.05, 0) is 39.0 Å². The molecule has 2 rings (SSSR count).